The molecule has 0 bridgehead atoms. The number of hydrogen-bond donors (Lipinski definition) is 3. The summed E-state index contributed by atoms with van der Waals surface area (Å²) >= 11 is 0. The summed E-state index contributed by atoms with van der Waals surface area (Å²) in [5.74, 6) is 1.63. The molecule has 2 aromatic rings. The van der Waals surface area contributed by atoms with E-state index in [1.807, 2.05) is 29.7 Å². The van der Waals surface area contributed by atoms with Gasteiger partial charge in [0.05, 0.1) is 6.54 Å². The molecule has 0 aliphatic heterocycles. The van der Waals surface area contributed by atoms with E-state index in [0.717, 1.165) is 37.6 Å². The summed E-state index contributed by atoms with van der Waals surface area (Å²) in [6.45, 7) is 4.64. The Kier molecular flexibility index (Phi) is 6.83. The summed E-state index contributed by atoms with van der Waals surface area (Å²) in [5.41, 5.74) is 0. The van der Waals surface area contributed by atoms with Gasteiger partial charge in [0.15, 0.2) is 5.82 Å². The molecule has 0 spiro atoms. The van der Waals surface area contributed by atoms with Crippen molar-refractivity contribution in [1.29, 1.82) is 0 Å². The van der Waals surface area contributed by atoms with E-state index < -0.39 is 0 Å². The first-order valence-electron chi connectivity index (χ1n) is 7.83. The third-order valence-electron chi connectivity index (χ3n) is 3.30. The van der Waals surface area contributed by atoms with Crippen LogP contribution in [0.2, 0.25) is 0 Å². The van der Waals surface area contributed by atoms with Crippen molar-refractivity contribution in [3.05, 3.63) is 36.5 Å². The van der Waals surface area contributed by atoms with Gasteiger partial charge >= 0.3 is 6.03 Å². The van der Waals surface area contributed by atoms with Crippen molar-refractivity contribution in [1.82, 2.24) is 30.4 Å². The average Bonchev–Trinajstić information content (AvgIpc) is 3.04. The number of carbonyl (C=O) groups excluding carboxylic acids is 1. The van der Waals surface area contributed by atoms with Crippen LogP contribution < -0.4 is 16.0 Å². The minimum Gasteiger partial charge on any atom is -0.370 e. The summed E-state index contributed by atoms with van der Waals surface area (Å²) in [4.78, 5) is 15.9. The van der Waals surface area contributed by atoms with Gasteiger partial charge in [-0.2, -0.15) is 0 Å². The minimum absolute atomic E-state index is 0.187. The van der Waals surface area contributed by atoms with Gasteiger partial charge in [0.1, 0.15) is 12.1 Å². The Hall–Kier alpha value is -2.64. The molecule has 0 aliphatic carbocycles. The van der Waals surface area contributed by atoms with E-state index in [9.17, 15) is 4.79 Å². The normalized spacial score (nSPS) is 10.3. The highest BCUT2D eigenvalue weighted by Gasteiger charge is 2.04. The molecular weight excluding hydrogens is 294 g/mol. The molecule has 2 aromatic heterocycles. The number of nitrogens with one attached hydrogen (secondary N) is 3. The number of hydrogen-bond acceptors (Lipinski definition) is 5. The smallest absolute Gasteiger partial charge is 0.315 e. The molecule has 0 saturated heterocycles. The average molecular weight is 317 g/mol. The van der Waals surface area contributed by atoms with Crippen molar-refractivity contribution in [2.45, 2.75) is 32.9 Å². The van der Waals surface area contributed by atoms with Gasteiger partial charge in [-0.15, -0.1) is 10.2 Å². The zero-order valence-corrected chi connectivity index (χ0v) is 13.3. The molecule has 8 heteroatoms. The summed E-state index contributed by atoms with van der Waals surface area (Å²) < 4.78 is 1.89. The summed E-state index contributed by atoms with van der Waals surface area (Å²) in [5, 5.41) is 16.6. The third-order valence-corrected chi connectivity index (χ3v) is 3.30. The highest BCUT2D eigenvalue weighted by Crippen LogP contribution is 2.00. The second-order valence-electron chi connectivity index (χ2n) is 4.99. The van der Waals surface area contributed by atoms with Gasteiger partial charge in [0.25, 0.3) is 0 Å². The topological polar surface area (TPSA) is 96.8 Å². The van der Waals surface area contributed by atoms with Crippen molar-refractivity contribution in [3.8, 4) is 0 Å². The van der Waals surface area contributed by atoms with Gasteiger partial charge in [0, 0.05) is 25.8 Å². The Labute approximate surface area is 135 Å². The van der Waals surface area contributed by atoms with Gasteiger partial charge in [-0.25, -0.2) is 9.78 Å². The van der Waals surface area contributed by atoms with E-state index in [0.29, 0.717) is 13.1 Å². The Morgan fingerprint density at radius 2 is 2.09 bits per heavy atom. The number of urea groups is 1. The molecule has 124 valence electrons. The highest BCUT2D eigenvalue weighted by atomic mass is 16.2. The monoisotopic (exact) mass is 317 g/mol. The van der Waals surface area contributed by atoms with Gasteiger partial charge < -0.3 is 20.5 Å². The molecule has 0 saturated carbocycles. The number of unbranched alkanes of at least 4 members (excludes halogenated alkanes) is 1. The van der Waals surface area contributed by atoms with Crippen LogP contribution in [-0.2, 0) is 13.1 Å². The molecule has 0 aromatic carbocycles. The maximum Gasteiger partial charge on any atom is 0.315 e. The number of anilines is 1. The van der Waals surface area contributed by atoms with Crippen LogP contribution >= 0.6 is 0 Å². The van der Waals surface area contributed by atoms with Crippen molar-refractivity contribution in [2.75, 3.05) is 18.4 Å². The predicted octanol–water partition coefficient (Wildman–Crippen LogP) is 1.38. The Morgan fingerprint density at radius 3 is 2.87 bits per heavy atom. The lowest BCUT2D eigenvalue weighted by molar-refractivity contribution is 0.240. The largest absolute Gasteiger partial charge is 0.370 e. The molecule has 2 amide bonds. The van der Waals surface area contributed by atoms with Gasteiger partial charge in [-0.1, -0.05) is 6.07 Å². The standard InChI is InChI=1S/C15H23N7O/c1-2-22-12-20-21-14(22)11-19-15(23)18-10-6-5-9-17-13-7-3-4-8-16-13/h3-4,7-8,12H,2,5-6,9-11H2,1H3,(H,16,17)(H2,18,19,23). The molecule has 2 rings (SSSR count). The fourth-order valence-electron chi connectivity index (χ4n) is 2.04. The van der Waals surface area contributed by atoms with Crippen molar-refractivity contribution in [2.24, 2.45) is 0 Å². The maximum absolute atomic E-state index is 11.7. The zero-order valence-electron chi connectivity index (χ0n) is 13.3. The molecule has 0 fully saturated rings. The molecule has 0 unspecified atom stereocenters. The second-order valence-corrected chi connectivity index (χ2v) is 4.99. The molecule has 3 N–H and O–H groups in total. The number of aromatic nitrogens is 4. The number of pyridine rings is 1. The molecule has 8 nitrogen and oxygen atoms in total. The van der Waals surface area contributed by atoms with E-state index in [2.05, 4.69) is 31.1 Å². The fraction of sp³-hybridized carbons (Fsp3) is 0.467. The number of nitrogens with zero attached hydrogens (tertiary/aromatic N) is 4. The molecular formula is C15H23N7O. The van der Waals surface area contributed by atoms with Crippen molar-refractivity contribution in [3.63, 3.8) is 0 Å². The van der Waals surface area contributed by atoms with Crippen LogP contribution in [0.3, 0.4) is 0 Å². The number of carbonyl (C=O) groups is 1. The first-order chi connectivity index (χ1) is 11.3. The first kappa shape index (κ1) is 16.7. The van der Waals surface area contributed by atoms with Crippen LogP contribution in [0, 0.1) is 0 Å². The molecule has 2 heterocycles. The lowest BCUT2D eigenvalue weighted by atomic mass is 10.3. The van der Waals surface area contributed by atoms with E-state index >= 15 is 0 Å². The van der Waals surface area contributed by atoms with Gasteiger partial charge in [0.2, 0.25) is 0 Å². The lowest BCUT2D eigenvalue weighted by Gasteiger charge is -2.08. The zero-order chi connectivity index (χ0) is 16.3. The lowest BCUT2D eigenvalue weighted by Crippen LogP contribution is -2.36. The van der Waals surface area contributed by atoms with E-state index in [1.54, 1.807) is 12.5 Å². The Morgan fingerprint density at radius 1 is 1.22 bits per heavy atom. The van der Waals surface area contributed by atoms with E-state index in [1.165, 1.54) is 0 Å². The molecule has 0 atom stereocenters. The predicted molar refractivity (Wildman–Crippen MR) is 87.9 cm³/mol. The maximum atomic E-state index is 11.7. The fourth-order valence-corrected chi connectivity index (χ4v) is 2.04. The Bertz CT molecular complexity index is 585. The SMILES string of the molecule is CCn1cnnc1CNC(=O)NCCCCNc1ccccn1. The van der Waals surface area contributed by atoms with Gasteiger partial charge in [-0.3, -0.25) is 0 Å². The number of rotatable bonds is 9. The van der Waals surface area contributed by atoms with Crippen LogP contribution in [0.4, 0.5) is 10.6 Å². The summed E-state index contributed by atoms with van der Waals surface area (Å²) in [7, 11) is 0. The van der Waals surface area contributed by atoms with Crippen LogP contribution in [0.1, 0.15) is 25.6 Å². The van der Waals surface area contributed by atoms with E-state index in [-0.39, 0.29) is 6.03 Å². The van der Waals surface area contributed by atoms with Gasteiger partial charge in [-0.05, 0) is 31.9 Å². The number of aryl methyl sites for hydroxylation is 1. The Balaban J connectivity index is 1.51. The van der Waals surface area contributed by atoms with Crippen molar-refractivity contribution < 1.29 is 4.79 Å². The third kappa shape index (κ3) is 5.93. The highest BCUT2D eigenvalue weighted by molar-refractivity contribution is 5.73. The number of amides is 2. The summed E-state index contributed by atoms with van der Waals surface area (Å²) in [6, 6.07) is 5.58. The van der Waals surface area contributed by atoms with Crippen LogP contribution in [0.25, 0.3) is 0 Å². The molecule has 0 aliphatic rings. The summed E-state index contributed by atoms with van der Waals surface area (Å²) in [6.07, 6.45) is 5.27. The van der Waals surface area contributed by atoms with Crippen LogP contribution in [0.5, 0.6) is 0 Å². The quantitative estimate of drug-likeness (QED) is 0.607. The molecule has 0 radical (unpaired) electrons. The van der Waals surface area contributed by atoms with E-state index in [4.69, 9.17) is 0 Å². The first-order valence-corrected chi connectivity index (χ1v) is 7.83. The van der Waals surface area contributed by atoms with Crippen LogP contribution in [-0.4, -0.2) is 38.9 Å². The second kappa shape index (κ2) is 9.39. The molecule has 23 heavy (non-hydrogen) atoms. The van der Waals surface area contributed by atoms with Crippen molar-refractivity contribution >= 4 is 11.8 Å². The van der Waals surface area contributed by atoms with Crippen LogP contribution in [0.15, 0.2) is 30.7 Å². The minimum atomic E-state index is -0.187.